The predicted octanol–water partition coefficient (Wildman–Crippen LogP) is 14.6. The van der Waals surface area contributed by atoms with Crippen molar-refractivity contribution in [2.45, 2.75) is 168 Å². The first-order valence-electron chi connectivity index (χ1n) is 28.6. The zero-order valence-corrected chi connectivity index (χ0v) is 52.4. The summed E-state index contributed by atoms with van der Waals surface area (Å²) in [6.07, 6.45) is 3.86. The van der Waals surface area contributed by atoms with Gasteiger partial charge in [0.1, 0.15) is 5.75 Å². The van der Waals surface area contributed by atoms with Crippen molar-refractivity contribution >= 4 is 53.0 Å². The molecular formula is C63H88N6O5S4. The molecule has 0 saturated carbocycles. The summed E-state index contributed by atoms with van der Waals surface area (Å²) >= 11 is 3.29. The van der Waals surface area contributed by atoms with E-state index in [2.05, 4.69) is 171 Å². The Kier molecular flexibility index (Phi) is 20.9. The van der Waals surface area contributed by atoms with E-state index in [4.69, 9.17) is 14.7 Å². The molecule has 2 aliphatic heterocycles. The van der Waals surface area contributed by atoms with Gasteiger partial charge in [-0.1, -0.05) is 157 Å². The maximum Gasteiger partial charge on any atom is 0.243 e. The fourth-order valence-corrected chi connectivity index (χ4v) is 16.3. The standard InChI is InChI=1S/C32H45N3O2S2.C31H43N3O3S2/c1-8-9-25-10-12-26(13-11-25)18-28-21-38-32(33-28)34-14-16-35(17-15-34)39(36,37)31-29(23(4)5)19-27(22(2)3)20-30(31)24(6)7;1-8-37-27-11-9-24(10-12-27)17-26-20-38-31(32-26)33-13-15-34(16-14-33)39(35,36)30-28(22(4)5)18-25(21(2)3)19-29(30)23(6)7/h10-13,19-24H,8-9,14-18H2,1-7H3;9-12,18-23H,8,13-17H2,1-7H3. The van der Waals surface area contributed by atoms with E-state index in [0.717, 1.165) is 75.3 Å². The van der Waals surface area contributed by atoms with Crippen molar-refractivity contribution in [1.82, 2.24) is 18.6 Å². The Morgan fingerprint density at radius 3 is 1.12 bits per heavy atom. The molecule has 15 heteroatoms. The average molecular weight is 1140 g/mol. The van der Waals surface area contributed by atoms with Gasteiger partial charge in [0, 0.05) is 76.0 Å². The molecule has 78 heavy (non-hydrogen) atoms. The van der Waals surface area contributed by atoms with Gasteiger partial charge in [0.25, 0.3) is 0 Å². The van der Waals surface area contributed by atoms with Crippen molar-refractivity contribution in [3.05, 3.63) is 145 Å². The van der Waals surface area contributed by atoms with Crippen molar-refractivity contribution in [3.63, 3.8) is 0 Å². The highest BCUT2D eigenvalue weighted by Crippen LogP contribution is 2.39. The fourth-order valence-electron chi connectivity index (χ4n) is 10.3. The molecule has 0 spiro atoms. The quantitative estimate of drug-likeness (QED) is 0.0737. The molecule has 2 saturated heterocycles. The van der Waals surface area contributed by atoms with Gasteiger partial charge in [0.05, 0.1) is 27.8 Å². The lowest BCUT2D eigenvalue weighted by atomic mass is 9.89. The summed E-state index contributed by atoms with van der Waals surface area (Å²) in [5, 5.41) is 6.18. The highest BCUT2D eigenvalue weighted by Gasteiger charge is 2.36. The van der Waals surface area contributed by atoms with Crippen LogP contribution in [0.4, 0.5) is 10.3 Å². The third-order valence-electron chi connectivity index (χ3n) is 15.0. The third kappa shape index (κ3) is 14.6. The van der Waals surface area contributed by atoms with Crippen molar-refractivity contribution < 1.29 is 21.6 Å². The van der Waals surface area contributed by atoms with Gasteiger partial charge < -0.3 is 14.5 Å². The molecule has 8 rings (SSSR count). The summed E-state index contributed by atoms with van der Waals surface area (Å²) in [7, 11) is -7.24. The lowest BCUT2D eigenvalue weighted by Gasteiger charge is -2.35. The Morgan fingerprint density at radius 1 is 0.474 bits per heavy atom. The summed E-state index contributed by atoms with van der Waals surface area (Å²) in [6.45, 7) is 34.7. The van der Waals surface area contributed by atoms with Crippen LogP contribution in [0, 0.1) is 0 Å². The van der Waals surface area contributed by atoms with E-state index in [1.165, 1.54) is 27.8 Å². The highest BCUT2D eigenvalue weighted by molar-refractivity contribution is 7.89. The molecule has 424 valence electrons. The Bertz CT molecular complexity index is 2860. The van der Waals surface area contributed by atoms with Crippen LogP contribution in [0.2, 0.25) is 0 Å². The molecule has 0 atom stereocenters. The maximum atomic E-state index is 14.1. The first kappa shape index (κ1) is 61.0. The number of hydrogen-bond acceptors (Lipinski definition) is 11. The molecule has 11 nitrogen and oxygen atoms in total. The van der Waals surface area contributed by atoms with E-state index >= 15 is 0 Å². The number of aryl methyl sites for hydroxylation is 1. The van der Waals surface area contributed by atoms with Crippen molar-refractivity contribution in [3.8, 4) is 5.75 Å². The largest absolute Gasteiger partial charge is 0.494 e. The molecule has 0 bridgehead atoms. The number of piperazine rings is 2. The third-order valence-corrected chi connectivity index (χ3v) is 21.0. The first-order valence-corrected chi connectivity index (χ1v) is 33.2. The smallest absolute Gasteiger partial charge is 0.243 e. The first-order chi connectivity index (χ1) is 37.0. The van der Waals surface area contributed by atoms with Gasteiger partial charge >= 0.3 is 0 Å². The van der Waals surface area contributed by atoms with Gasteiger partial charge in [-0.3, -0.25) is 0 Å². The lowest BCUT2D eigenvalue weighted by molar-refractivity contribution is 0.340. The minimum atomic E-state index is -3.63. The molecule has 2 aliphatic rings. The number of anilines is 2. The van der Waals surface area contributed by atoms with Gasteiger partial charge in [-0.15, -0.1) is 22.7 Å². The van der Waals surface area contributed by atoms with Crippen LogP contribution in [0.15, 0.2) is 93.3 Å². The summed E-state index contributed by atoms with van der Waals surface area (Å²) in [4.78, 5) is 15.3. The molecule has 2 fully saturated rings. The molecule has 6 aromatic rings. The summed E-state index contributed by atoms with van der Waals surface area (Å²) in [5.41, 5.74) is 12.1. The molecular weight excluding hydrogens is 1050 g/mol. The second-order valence-corrected chi connectivity index (χ2v) is 28.4. The van der Waals surface area contributed by atoms with Crippen LogP contribution < -0.4 is 14.5 Å². The minimum absolute atomic E-state index is 0.122. The van der Waals surface area contributed by atoms with Gasteiger partial charge in [-0.25, -0.2) is 26.8 Å². The van der Waals surface area contributed by atoms with Crippen LogP contribution in [-0.2, 0) is 39.3 Å². The van der Waals surface area contributed by atoms with Gasteiger partial charge in [0.2, 0.25) is 20.0 Å². The Labute approximate surface area is 477 Å². The van der Waals surface area contributed by atoms with E-state index in [1.54, 1.807) is 31.3 Å². The van der Waals surface area contributed by atoms with E-state index in [0.29, 0.717) is 80.6 Å². The van der Waals surface area contributed by atoms with Crippen LogP contribution >= 0.6 is 22.7 Å². The zero-order chi connectivity index (χ0) is 56.6. The van der Waals surface area contributed by atoms with Crippen LogP contribution in [0.1, 0.15) is 200 Å². The molecule has 0 N–H and O–H groups in total. The molecule has 0 radical (unpaired) electrons. The topological polar surface area (TPSA) is 116 Å². The van der Waals surface area contributed by atoms with Crippen LogP contribution in [0.5, 0.6) is 5.75 Å². The maximum absolute atomic E-state index is 14.1. The van der Waals surface area contributed by atoms with Crippen LogP contribution in [-0.4, -0.2) is 94.4 Å². The molecule has 4 heterocycles. The number of nitrogens with zero attached hydrogens (tertiary/aromatic N) is 6. The normalized spacial score (nSPS) is 15.1. The Balaban J connectivity index is 0.000000226. The Morgan fingerprint density at radius 2 is 0.808 bits per heavy atom. The summed E-state index contributed by atoms with van der Waals surface area (Å²) in [6, 6.07) is 25.5. The van der Waals surface area contributed by atoms with Gasteiger partial charge in [-0.05, 0) is 111 Å². The monoisotopic (exact) mass is 1140 g/mol. The second-order valence-electron chi connectivity index (χ2n) is 23.0. The van der Waals surface area contributed by atoms with Crippen molar-refractivity contribution in [2.24, 2.45) is 0 Å². The second kappa shape index (κ2) is 26.8. The number of aromatic nitrogens is 2. The minimum Gasteiger partial charge on any atom is -0.494 e. The Hall–Kier alpha value is -4.64. The number of thiazole rings is 2. The molecule has 2 aromatic heterocycles. The summed E-state index contributed by atoms with van der Waals surface area (Å²) < 4.78 is 65.4. The summed E-state index contributed by atoms with van der Waals surface area (Å²) in [5.74, 6) is 2.08. The SMILES string of the molecule is CCCc1ccc(Cc2csc(N3CCN(S(=O)(=O)c4c(C(C)C)cc(C(C)C)cc4C(C)C)CC3)n2)cc1.CCOc1ccc(Cc2csc(N3CCN(S(=O)(=O)c4c(C(C)C)cc(C(C)C)cc4C(C)C)CC3)n2)cc1. The number of sulfonamides is 2. The average Bonchev–Trinajstić information content (AvgIpc) is 4.11. The number of rotatable bonds is 20. The zero-order valence-electron chi connectivity index (χ0n) is 49.1. The van der Waals surface area contributed by atoms with Crippen molar-refractivity contribution in [2.75, 3.05) is 68.8 Å². The lowest BCUT2D eigenvalue weighted by Crippen LogP contribution is -2.49. The number of hydrogen-bond donors (Lipinski definition) is 0. The number of ether oxygens (including phenoxy) is 1. The van der Waals surface area contributed by atoms with Crippen molar-refractivity contribution in [1.29, 1.82) is 0 Å². The molecule has 0 aliphatic carbocycles. The van der Waals surface area contributed by atoms with Crippen LogP contribution in [0.3, 0.4) is 0 Å². The van der Waals surface area contributed by atoms with E-state index in [9.17, 15) is 16.8 Å². The van der Waals surface area contributed by atoms with E-state index in [-0.39, 0.29) is 23.7 Å². The molecule has 0 unspecified atom stereocenters. The molecule has 0 amide bonds. The van der Waals surface area contributed by atoms with E-state index < -0.39 is 20.0 Å². The predicted molar refractivity (Wildman–Crippen MR) is 327 cm³/mol. The number of benzene rings is 4. The van der Waals surface area contributed by atoms with E-state index in [1.807, 2.05) is 19.1 Å². The van der Waals surface area contributed by atoms with Gasteiger partial charge in [-0.2, -0.15) is 8.61 Å². The fraction of sp³-hybridized carbons (Fsp3) is 0.524. The highest BCUT2D eigenvalue weighted by atomic mass is 32.2. The van der Waals surface area contributed by atoms with Crippen LogP contribution in [0.25, 0.3) is 0 Å². The molecule has 4 aromatic carbocycles. The van der Waals surface area contributed by atoms with Gasteiger partial charge in [0.15, 0.2) is 10.3 Å².